The number of H-pyrrole nitrogens is 1. The minimum Gasteiger partial charge on any atom is -0.348 e. The predicted molar refractivity (Wildman–Crippen MR) is 82.5 cm³/mol. The summed E-state index contributed by atoms with van der Waals surface area (Å²) in [5.74, 6) is -0.175. The van der Waals surface area contributed by atoms with Gasteiger partial charge in [0.2, 0.25) is 5.56 Å². The van der Waals surface area contributed by atoms with Gasteiger partial charge in [-0.1, -0.05) is 24.6 Å². The van der Waals surface area contributed by atoms with Crippen molar-refractivity contribution in [1.82, 2.24) is 15.6 Å². The molecule has 1 amide bonds. The highest BCUT2D eigenvalue weighted by molar-refractivity contribution is 6.06. The summed E-state index contributed by atoms with van der Waals surface area (Å²) in [6.45, 7) is 1.78. The van der Waals surface area contributed by atoms with Crippen LogP contribution in [0.15, 0.2) is 35.1 Å². The lowest BCUT2D eigenvalue weighted by Crippen LogP contribution is -2.41. The third-order valence-corrected chi connectivity index (χ3v) is 3.88. The van der Waals surface area contributed by atoms with E-state index in [0.29, 0.717) is 11.1 Å². The van der Waals surface area contributed by atoms with Gasteiger partial charge in [-0.05, 0) is 25.5 Å². The van der Waals surface area contributed by atoms with Crippen LogP contribution in [0.1, 0.15) is 29.6 Å². The molecule has 2 heterocycles. The van der Waals surface area contributed by atoms with E-state index in [2.05, 4.69) is 15.6 Å². The number of fused-ring (bicyclic) bond motifs is 1. The fourth-order valence-corrected chi connectivity index (χ4v) is 2.80. The average molecular weight is 285 g/mol. The number of nitrogens with one attached hydrogen (secondary N) is 3. The minimum absolute atomic E-state index is 0.123. The smallest absolute Gasteiger partial charge is 0.252 e. The minimum atomic E-state index is -0.252. The molecule has 110 valence electrons. The number of hydrogen-bond acceptors (Lipinski definition) is 3. The summed E-state index contributed by atoms with van der Waals surface area (Å²) in [6.07, 6.45) is 3.22. The lowest BCUT2D eigenvalue weighted by Gasteiger charge is -2.17. The number of aromatic nitrogens is 1. The molecule has 5 nitrogen and oxygen atoms in total. The van der Waals surface area contributed by atoms with Crippen LogP contribution in [0.4, 0.5) is 0 Å². The maximum absolute atomic E-state index is 12.5. The Kier molecular flexibility index (Phi) is 4.01. The number of hydrogen-bond donors (Lipinski definition) is 3. The number of rotatable bonds is 2. The molecule has 1 atom stereocenters. The quantitative estimate of drug-likeness (QED) is 0.781. The molecular formula is C16H19N3O2. The molecule has 3 rings (SSSR count). The van der Waals surface area contributed by atoms with Gasteiger partial charge < -0.3 is 15.6 Å². The van der Waals surface area contributed by atoms with Gasteiger partial charge in [0, 0.05) is 29.6 Å². The van der Waals surface area contributed by atoms with E-state index < -0.39 is 0 Å². The van der Waals surface area contributed by atoms with Crippen LogP contribution in [-0.4, -0.2) is 30.0 Å². The number of pyridine rings is 1. The number of carbonyl (C=O) groups excluding carboxylic acids is 1. The number of aromatic amines is 1. The fourth-order valence-electron chi connectivity index (χ4n) is 2.80. The van der Waals surface area contributed by atoms with Crippen LogP contribution in [0, 0.1) is 0 Å². The van der Waals surface area contributed by atoms with Gasteiger partial charge in [0.25, 0.3) is 5.91 Å². The molecule has 3 N–H and O–H groups in total. The molecule has 0 aliphatic carbocycles. The topological polar surface area (TPSA) is 74.0 Å². The zero-order chi connectivity index (χ0) is 14.7. The summed E-state index contributed by atoms with van der Waals surface area (Å²) in [5.41, 5.74) is 0.880. The summed E-state index contributed by atoms with van der Waals surface area (Å²) < 4.78 is 0. The number of amides is 1. The van der Waals surface area contributed by atoms with Crippen molar-refractivity contribution >= 4 is 16.8 Å². The van der Waals surface area contributed by atoms with E-state index in [0.717, 1.165) is 37.7 Å². The molecule has 1 aromatic carbocycles. The molecule has 0 spiro atoms. The van der Waals surface area contributed by atoms with Crippen molar-refractivity contribution in [2.75, 3.05) is 13.1 Å². The molecule has 5 heteroatoms. The zero-order valence-corrected chi connectivity index (χ0v) is 11.8. The summed E-state index contributed by atoms with van der Waals surface area (Å²) >= 11 is 0. The van der Waals surface area contributed by atoms with Gasteiger partial charge in [-0.15, -0.1) is 0 Å². The Morgan fingerprint density at radius 3 is 3.00 bits per heavy atom. The molecule has 2 aromatic rings. The van der Waals surface area contributed by atoms with Gasteiger partial charge in [-0.3, -0.25) is 9.59 Å². The summed E-state index contributed by atoms with van der Waals surface area (Å²) in [7, 11) is 0. The van der Waals surface area contributed by atoms with E-state index in [1.807, 2.05) is 18.2 Å². The van der Waals surface area contributed by atoms with E-state index >= 15 is 0 Å². The molecule has 0 radical (unpaired) electrons. The van der Waals surface area contributed by atoms with Crippen molar-refractivity contribution in [3.8, 4) is 0 Å². The first-order valence-corrected chi connectivity index (χ1v) is 7.38. The Morgan fingerprint density at radius 2 is 2.10 bits per heavy atom. The Morgan fingerprint density at radius 1 is 1.24 bits per heavy atom. The van der Waals surface area contributed by atoms with Crippen LogP contribution in [-0.2, 0) is 0 Å². The molecule has 1 saturated heterocycles. The van der Waals surface area contributed by atoms with E-state index in [1.165, 1.54) is 6.07 Å². The molecule has 0 bridgehead atoms. The van der Waals surface area contributed by atoms with E-state index in [1.54, 1.807) is 6.07 Å². The SMILES string of the molecule is O=C(NC1CCCCNC1)c1cc(=O)[nH]c2ccccc12. The van der Waals surface area contributed by atoms with Gasteiger partial charge in [-0.2, -0.15) is 0 Å². The second kappa shape index (κ2) is 6.10. The van der Waals surface area contributed by atoms with Crippen LogP contribution in [0.3, 0.4) is 0 Å². The van der Waals surface area contributed by atoms with Crippen LogP contribution >= 0.6 is 0 Å². The average Bonchev–Trinajstić information content (AvgIpc) is 2.75. The Labute approximate surface area is 122 Å². The summed E-state index contributed by atoms with van der Waals surface area (Å²) in [4.78, 5) is 27.0. The van der Waals surface area contributed by atoms with Gasteiger partial charge in [0.15, 0.2) is 0 Å². The van der Waals surface area contributed by atoms with Crippen molar-refractivity contribution in [3.05, 3.63) is 46.2 Å². The monoisotopic (exact) mass is 285 g/mol. The highest BCUT2D eigenvalue weighted by Crippen LogP contribution is 2.15. The second-order valence-electron chi connectivity index (χ2n) is 5.46. The molecule has 1 aliphatic heterocycles. The first-order valence-electron chi connectivity index (χ1n) is 7.38. The van der Waals surface area contributed by atoms with Gasteiger partial charge >= 0.3 is 0 Å². The van der Waals surface area contributed by atoms with E-state index in [4.69, 9.17) is 0 Å². The van der Waals surface area contributed by atoms with Gasteiger partial charge in [0.1, 0.15) is 0 Å². The third-order valence-electron chi connectivity index (χ3n) is 3.88. The summed E-state index contributed by atoms with van der Waals surface area (Å²) in [5, 5.41) is 7.13. The standard InChI is InChI=1S/C16H19N3O2/c20-15-9-13(12-6-1-2-7-14(12)19-15)16(21)18-11-5-3-4-8-17-10-11/h1-2,6-7,9,11,17H,3-5,8,10H2,(H,18,21)(H,19,20). The van der Waals surface area contributed by atoms with Gasteiger partial charge in [-0.25, -0.2) is 0 Å². The van der Waals surface area contributed by atoms with Crippen molar-refractivity contribution in [1.29, 1.82) is 0 Å². The van der Waals surface area contributed by atoms with Crippen LogP contribution in [0.25, 0.3) is 10.9 Å². The lowest BCUT2D eigenvalue weighted by atomic mass is 10.1. The van der Waals surface area contributed by atoms with Crippen LogP contribution in [0.2, 0.25) is 0 Å². The molecule has 1 aliphatic rings. The Hall–Kier alpha value is -2.14. The molecule has 1 aromatic heterocycles. The van der Waals surface area contributed by atoms with E-state index in [9.17, 15) is 9.59 Å². The first-order chi connectivity index (χ1) is 10.2. The third kappa shape index (κ3) is 3.13. The molecule has 1 unspecified atom stereocenters. The normalized spacial score (nSPS) is 19.1. The van der Waals surface area contributed by atoms with Crippen LogP contribution in [0.5, 0.6) is 0 Å². The zero-order valence-electron chi connectivity index (χ0n) is 11.8. The van der Waals surface area contributed by atoms with Crippen molar-refractivity contribution in [3.63, 3.8) is 0 Å². The number of carbonyl (C=O) groups is 1. The Bertz CT molecular complexity index is 700. The van der Waals surface area contributed by atoms with E-state index in [-0.39, 0.29) is 17.5 Å². The molecule has 0 saturated carbocycles. The van der Waals surface area contributed by atoms with Crippen LogP contribution < -0.4 is 16.2 Å². The number of benzene rings is 1. The van der Waals surface area contributed by atoms with Crippen molar-refractivity contribution in [2.45, 2.75) is 25.3 Å². The fraction of sp³-hybridized carbons (Fsp3) is 0.375. The number of para-hydroxylation sites is 1. The molecular weight excluding hydrogens is 266 g/mol. The highest BCUT2D eigenvalue weighted by atomic mass is 16.2. The first kappa shape index (κ1) is 13.8. The van der Waals surface area contributed by atoms with Gasteiger partial charge in [0.05, 0.1) is 5.56 Å². The molecule has 21 heavy (non-hydrogen) atoms. The largest absolute Gasteiger partial charge is 0.348 e. The second-order valence-corrected chi connectivity index (χ2v) is 5.46. The molecule has 1 fully saturated rings. The Balaban J connectivity index is 1.88. The predicted octanol–water partition coefficient (Wildman–Crippen LogP) is 1.40. The maximum atomic E-state index is 12.5. The maximum Gasteiger partial charge on any atom is 0.252 e. The lowest BCUT2D eigenvalue weighted by molar-refractivity contribution is 0.0937. The van der Waals surface area contributed by atoms with Crippen molar-refractivity contribution < 1.29 is 4.79 Å². The van der Waals surface area contributed by atoms with Crippen molar-refractivity contribution in [2.24, 2.45) is 0 Å². The summed E-state index contributed by atoms with van der Waals surface area (Å²) in [6, 6.07) is 8.87. The highest BCUT2D eigenvalue weighted by Gasteiger charge is 2.17.